The number of ether oxygens (including phenoxy) is 1. The normalized spacial score (nSPS) is 24.1. The van der Waals surface area contributed by atoms with Crippen LogP contribution in [0.25, 0.3) is 0 Å². The van der Waals surface area contributed by atoms with Gasteiger partial charge in [-0.3, -0.25) is 4.79 Å². The molecule has 1 saturated heterocycles. The lowest BCUT2D eigenvalue weighted by Gasteiger charge is -2.32. The quantitative estimate of drug-likeness (QED) is 0.642. The Morgan fingerprint density at radius 2 is 2.09 bits per heavy atom. The molecule has 1 amide bonds. The van der Waals surface area contributed by atoms with Crippen LogP contribution in [0.2, 0.25) is 0 Å². The van der Waals surface area contributed by atoms with Gasteiger partial charge in [-0.25, -0.2) is 0 Å². The maximum absolute atomic E-state index is 12.3. The Morgan fingerprint density at radius 3 is 2.61 bits per heavy atom. The van der Waals surface area contributed by atoms with E-state index in [4.69, 9.17) is 9.84 Å². The number of carbonyl (C=O) groups excluding carboxylic acids is 1. The van der Waals surface area contributed by atoms with E-state index < -0.39 is 18.4 Å². The fourth-order valence-corrected chi connectivity index (χ4v) is 2.51. The molecule has 2 rings (SSSR count). The molecule has 23 heavy (non-hydrogen) atoms. The molecule has 2 heterocycles. The van der Waals surface area contributed by atoms with Crippen molar-refractivity contribution in [2.24, 2.45) is 0 Å². The third-order valence-corrected chi connectivity index (χ3v) is 3.54. The average Bonchev–Trinajstić information content (AvgIpc) is 2.93. The maximum atomic E-state index is 12.3. The average molecular weight is 328 g/mol. The zero-order valence-corrected chi connectivity index (χ0v) is 14.2. The Hall–Kier alpha value is -1.41. The summed E-state index contributed by atoms with van der Waals surface area (Å²) in [5.41, 5.74) is 1.48. The van der Waals surface area contributed by atoms with Crippen LogP contribution in [0.15, 0.2) is 12.3 Å². The van der Waals surface area contributed by atoms with Crippen LogP contribution in [0.1, 0.15) is 49.5 Å². The Morgan fingerprint density at radius 1 is 1.43 bits per heavy atom. The highest BCUT2D eigenvalue weighted by Crippen LogP contribution is 2.26. The van der Waals surface area contributed by atoms with Gasteiger partial charge in [-0.2, -0.15) is 0 Å². The summed E-state index contributed by atoms with van der Waals surface area (Å²) < 4.78 is 7.20. The predicted molar refractivity (Wildman–Crippen MR) is 86.2 cm³/mol. The topological polar surface area (TPSA) is 104 Å². The molecule has 7 nitrogen and oxygen atoms in total. The molecular formula is C16H28N2O5. The molecule has 3 unspecified atom stereocenters. The van der Waals surface area contributed by atoms with E-state index in [1.54, 1.807) is 4.57 Å². The zero-order chi connectivity index (χ0) is 17.6. The van der Waals surface area contributed by atoms with Crippen molar-refractivity contribution in [3.05, 3.63) is 23.5 Å². The van der Waals surface area contributed by atoms with Gasteiger partial charge in [0.25, 0.3) is 5.91 Å². The smallest absolute Gasteiger partial charge is 0.268 e. The van der Waals surface area contributed by atoms with Gasteiger partial charge in [-0.1, -0.05) is 6.92 Å². The molecule has 0 saturated carbocycles. The molecule has 132 valence electrons. The van der Waals surface area contributed by atoms with Crippen molar-refractivity contribution in [1.29, 1.82) is 0 Å². The molecule has 0 radical (unpaired) electrons. The second-order valence-corrected chi connectivity index (χ2v) is 5.80. The highest BCUT2D eigenvalue weighted by molar-refractivity contribution is 5.93. The van der Waals surface area contributed by atoms with Crippen LogP contribution in [0.3, 0.4) is 0 Å². The lowest BCUT2D eigenvalue weighted by Crippen LogP contribution is -2.40. The van der Waals surface area contributed by atoms with Gasteiger partial charge in [0, 0.05) is 25.8 Å². The molecule has 3 atom stereocenters. The van der Waals surface area contributed by atoms with Crippen molar-refractivity contribution in [2.75, 3.05) is 13.7 Å². The predicted octanol–water partition coefficient (Wildman–Crippen LogP) is 0.438. The molecule has 0 bridgehead atoms. The van der Waals surface area contributed by atoms with Crippen molar-refractivity contribution >= 4 is 5.91 Å². The molecule has 1 aromatic heterocycles. The van der Waals surface area contributed by atoms with Gasteiger partial charge in [-0.15, -0.1) is 0 Å². The van der Waals surface area contributed by atoms with E-state index in [-0.39, 0.29) is 25.0 Å². The first-order chi connectivity index (χ1) is 10.9. The van der Waals surface area contributed by atoms with Crippen LogP contribution >= 0.6 is 0 Å². The Kier molecular flexibility index (Phi) is 7.70. The van der Waals surface area contributed by atoms with Gasteiger partial charge in [0.15, 0.2) is 6.23 Å². The Balaban J connectivity index is 0.00000127. The van der Waals surface area contributed by atoms with Gasteiger partial charge < -0.3 is 29.9 Å². The van der Waals surface area contributed by atoms with Crippen molar-refractivity contribution in [3.8, 4) is 0 Å². The van der Waals surface area contributed by atoms with Crippen LogP contribution in [-0.2, 0) is 11.2 Å². The van der Waals surface area contributed by atoms with E-state index in [1.165, 1.54) is 0 Å². The number of amides is 1. The third kappa shape index (κ3) is 5.04. The zero-order valence-electron chi connectivity index (χ0n) is 14.2. The van der Waals surface area contributed by atoms with Gasteiger partial charge in [0.2, 0.25) is 0 Å². The van der Waals surface area contributed by atoms with Gasteiger partial charge in [-0.05, 0) is 31.9 Å². The molecule has 1 aliphatic rings. The van der Waals surface area contributed by atoms with E-state index in [2.05, 4.69) is 5.32 Å². The molecule has 4 N–H and O–H groups in total. The minimum Gasteiger partial charge on any atom is -0.400 e. The Labute approximate surface area is 136 Å². The van der Waals surface area contributed by atoms with Gasteiger partial charge in [0.05, 0.1) is 12.7 Å². The third-order valence-electron chi connectivity index (χ3n) is 3.54. The minimum absolute atomic E-state index is 0.0324. The summed E-state index contributed by atoms with van der Waals surface area (Å²) in [6.07, 6.45) is 0.736. The molecule has 1 fully saturated rings. The fourth-order valence-electron chi connectivity index (χ4n) is 2.51. The summed E-state index contributed by atoms with van der Waals surface area (Å²) >= 11 is 0. The number of nitrogens with one attached hydrogen (secondary N) is 1. The van der Waals surface area contributed by atoms with Crippen LogP contribution < -0.4 is 5.32 Å². The lowest BCUT2D eigenvalue weighted by atomic mass is 10.1. The number of aliphatic hydroxyl groups excluding tert-OH is 3. The molecule has 1 aromatic rings. The van der Waals surface area contributed by atoms with Gasteiger partial charge >= 0.3 is 0 Å². The van der Waals surface area contributed by atoms with Crippen LogP contribution in [0, 0.1) is 0 Å². The minimum atomic E-state index is -0.837. The van der Waals surface area contributed by atoms with E-state index in [0.717, 1.165) is 19.1 Å². The number of nitrogens with zero attached hydrogens (tertiary/aromatic N) is 1. The number of hydrogen-bond acceptors (Lipinski definition) is 5. The van der Waals surface area contributed by atoms with Crippen LogP contribution in [-0.4, -0.2) is 57.8 Å². The molecule has 7 heteroatoms. The summed E-state index contributed by atoms with van der Waals surface area (Å²) in [6, 6.07) is 1.85. The first-order valence-electron chi connectivity index (χ1n) is 7.86. The number of aliphatic hydroxyl groups is 3. The maximum Gasteiger partial charge on any atom is 0.268 e. The van der Waals surface area contributed by atoms with E-state index in [9.17, 15) is 15.0 Å². The molecule has 0 spiro atoms. The lowest BCUT2D eigenvalue weighted by molar-refractivity contribution is -0.155. The summed E-state index contributed by atoms with van der Waals surface area (Å²) in [4.78, 5) is 12.3. The monoisotopic (exact) mass is 328 g/mol. The van der Waals surface area contributed by atoms with E-state index in [0.29, 0.717) is 5.69 Å². The number of hydrogen-bond donors (Lipinski definition) is 4. The van der Waals surface area contributed by atoms with Gasteiger partial charge in [0.1, 0.15) is 11.8 Å². The second-order valence-electron chi connectivity index (χ2n) is 5.80. The fraction of sp³-hybridized carbons (Fsp3) is 0.688. The first-order valence-corrected chi connectivity index (χ1v) is 7.86. The summed E-state index contributed by atoms with van der Waals surface area (Å²) in [5, 5.41) is 29.5. The largest absolute Gasteiger partial charge is 0.400 e. The summed E-state index contributed by atoms with van der Waals surface area (Å²) in [5.74, 6) is -0.188. The Bertz CT molecular complexity index is 501. The standard InChI is InChI=1S/C15H24N2O4.CH4O/c1-4-10-5-12(14(20)16-9(2)3)17(7-10)15-13(19)6-11(18)8-21-15;1-2/h5,7,9,11,13,15,18-19H,4,6,8H2,1-3H3,(H,16,20);2H,1H3. The van der Waals surface area contributed by atoms with Crippen molar-refractivity contribution in [3.63, 3.8) is 0 Å². The molecule has 0 aliphatic carbocycles. The molecular weight excluding hydrogens is 300 g/mol. The number of carbonyl (C=O) groups is 1. The van der Waals surface area contributed by atoms with E-state index >= 15 is 0 Å². The SMILES string of the molecule is CCc1cc(C(=O)NC(C)C)n(C2OCC(O)CC2O)c1.CO. The molecule has 1 aliphatic heterocycles. The number of aryl methyl sites for hydroxylation is 1. The summed E-state index contributed by atoms with van der Waals surface area (Å²) in [7, 11) is 1.00. The highest BCUT2D eigenvalue weighted by Gasteiger charge is 2.32. The van der Waals surface area contributed by atoms with Crippen LogP contribution in [0.4, 0.5) is 0 Å². The molecule has 0 aromatic carbocycles. The number of rotatable bonds is 4. The second kappa shape index (κ2) is 9.02. The first kappa shape index (κ1) is 19.6. The van der Waals surface area contributed by atoms with Crippen molar-refractivity contribution < 1.29 is 24.9 Å². The van der Waals surface area contributed by atoms with Crippen molar-refractivity contribution in [2.45, 2.75) is 58.1 Å². The number of aromatic nitrogens is 1. The van der Waals surface area contributed by atoms with Crippen molar-refractivity contribution in [1.82, 2.24) is 9.88 Å². The van der Waals surface area contributed by atoms with E-state index in [1.807, 2.05) is 33.0 Å². The summed E-state index contributed by atoms with van der Waals surface area (Å²) in [6.45, 7) is 5.96. The van der Waals surface area contributed by atoms with Crippen LogP contribution in [0.5, 0.6) is 0 Å². The highest BCUT2D eigenvalue weighted by atomic mass is 16.5.